The first-order chi connectivity index (χ1) is 7.95. The number of amides is 1. The van der Waals surface area contributed by atoms with Crippen LogP contribution in [0.1, 0.15) is 46.0 Å². The largest absolute Gasteiger partial charge is 0.352 e. The minimum absolute atomic E-state index is 0.0811. The highest BCUT2D eigenvalue weighted by Crippen LogP contribution is 2.06. The molecule has 0 spiro atoms. The van der Waals surface area contributed by atoms with E-state index < -0.39 is 0 Å². The molecule has 0 aliphatic heterocycles. The first-order valence-electron chi connectivity index (χ1n) is 6.07. The second-order valence-corrected chi connectivity index (χ2v) is 4.40. The normalized spacial score (nSPS) is 9.76. The number of allylic oxidation sites excluding steroid dienone is 1. The summed E-state index contributed by atoms with van der Waals surface area (Å²) in [5, 5.41) is 2.78. The predicted octanol–water partition coefficient (Wildman–Crippen LogP) is 2.77. The van der Waals surface area contributed by atoms with Gasteiger partial charge >= 0.3 is 0 Å². The minimum atomic E-state index is -0.0811. The van der Waals surface area contributed by atoms with Crippen LogP contribution in [0.25, 0.3) is 0 Å². The van der Waals surface area contributed by atoms with Gasteiger partial charge in [-0.3, -0.25) is 9.59 Å². The van der Waals surface area contributed by atoms with Gasteiger partial charge in [0.05, 0.1) is 0 Å². The minimum Gasteiger partial charge on any atom is -0.352 e. The lowest BCUT2D eigenvalue weighted by atomic mass is 10.1. The predicted molar refractivity (Wildman–Crippen MR) is 70.7 cm³/mol. The first kappa shape index (κ1) is 15.6. The lowest BCUT2D eigenvalue weighted by molar-refractivity contribution is -0.117. The lowest BCUT2D eigenvalue weighted by Gasteiger charge is -2.04. The number of nitrogens with one attached hydrogen (secondary N) is 1. The Hall–Kier alpha value is -1.38. The van der Waals surface area contributed by atoms with E-state index in [4.69, 9.17) is 0 Å². The molecule has 0 aliphatic rings. The van der Waals surface area contributed by atoms with E-state index in [1.165, 1.54) is 0 Å². The molecule has 0 aromatic heterocycles. The molecular formula is C14H23NO2. The van der Waals surface area contributed by atoms with Crippen molar-refractivity contribution in [2.75, 3.05) is 6.54 Å². The molecule has 3 nitrogen and oxygen atoms in total. The fraction of sp³-hybridized carbons (Fsp3) is 0.571. The van der Waals surface area contributed by atoms with Crippen LogP contribution in [0.5, 0.6) is 0 Å². The van der Waals surface area contributed by atoms with Gasteiger partial charge in [-0.25, -0.2) is 0 Å². The highest BCUT2D eigenvalue weighted by molar-refractivity contribution is 5.94. The van der Waals surface area contributed by atoms with Crippen LogP contribution in [0.4, 0.5) is 0 Å². The summed E-state index contributed by atoms with van der Waals surface area (Å²) in [5.74, 6) is 0.0723. The summed E-state index contributed by atoms with van der Waals surface area (Å²) in [4.78, 5) is 22.4. The summed E-state index contributed by atoms with van der Waals surface area (Å²) in [5.41, 5.74) is 1.18. The molecule has 0 aromatic carbocycles. The van der Waals surface area contributed by atoms with E-state index in [1.54, 1.807) is 13.8 Å². The highest BCUT2D eigenvalue weighted by atomic mass is 16.1. The Morgan fingerprint density at radius 3 is 2.06 bits per heavy atom. The molecule has 0 bridgehead atoms. The zero-order chi connectivity index (χ0) is 13.3. The number of carbonyl (C=O) groups excluding carboxylic acids is 2. The maximum Gasteiger partial charge on any atom is 0.246 e. The van der Waals surface area contributed by atoms with Gasteiger partial charge in [0.1, 0.15) is 0 Å². The number of unbranched alkanes of at least 4 members (excludes halogenated alkanes) is 3. The monoisotopic (exact) mass is 237 g/mol. The topological polar surface area (TPSA) is 46.2 Å². The average molecular weight is 237 g/mol. The van der Waals surface area contributed by atoms with Crippen molar-refractivity contribution in [2.24, 2.45) is 0 Å². The van der Waals surface area contributed by atoms with Crippen LogP contribution in [0, 0.1) is 0 Å². The molecule has 0 saturated heterocycles. The zero-order valence-corrected chi connectivity index (χ0v) is 11.0. The maximum atomic E-state index is 11.2. The molecule has 96 valence electrons. The molecule has 1 amide bonds. The van der Waals surface area contributed by atoms with Crippen LogP contribution in [-0.2, 0) is 9.59 Å². The van der Waals surface area contributed by atoms with Gasteiger partial charge in [0, 0.05) is 18.5 Å². The summed E-state index contributed by atoms with van der Waals surface area (Å²) in [6.07, 6.45) is 4.48. The van der Waals surface area contributed by atoms with Gasteiger partial charge in [-0.1, -0.05) is 26.0 Å². The molecule has 0 aliphatic carbocycles. The molecule has 0 unspecified atom stereocenters. The lowest BCUT2D eigenvalue weighted by Crippen LogP contribution is -2.24. The third kappa shape index (κ3) is 8.43. The van der Waals surface area contributed by atoms with Crippen molar-refractivity contribution in [3.8, 4) is 0 Å². The Balaban J connectivity index is 3.36. The van der Waals surface area contributed by atoms with Crippen molar-refractivity contribution in [1.29, 1.82) is 0 Å². The number of ketones is 1. The Bertz CT molecular complexity index is 275. The smallest absolute Gasteiger partial charge is 0.246 e. The van der Waals surface area contributed by atoms with E-state index >= 15 is 0 Å². The van der Waals surface area contributed by atoms with Gasteiger partial charge < -0.3 is 5.32 Å². The van der Waals surface area contributed by atoms with E-state index in [9.17, 15) is 9.59 Å². The quantitative estimate of drug-likeness (QED) is 0.495. The maximum absolute atomic E-state index is 11.2. The van der Waals surface area contributed by atoms with Crippen LogP contribution in [0.3, 0.4) is 0 Å². The number of rotatable bonds is 9. The summed E-state index contributed by atoms with van der Waals surface area (Å²) < 4.78 is 0. The van der Waals surface area contributed by atoms with Crippen LogP contribution in [-0.4, -0.2) is 18.2 Å². The van der Waals surface area contributed by atoms with E-state index in [0.717, 1.165) is 25.7 Å². The van der Waals surface area contributed by atoms with Crippen molar-refractivity contribution in [3.05, 3.63) is 24.3 Å². The standard InChI is InChI=1S/C14H23NO2/c1-11(2)13(16)9-7-5-6-8-10-15-14(17)12(3)4/h1,3,5-10H2,2,4H3,(H,15,17). The van der Waals surface area contributed by atoms with Crippen molar-refractivity contribution in [1.82, 2.24) is 5.32 Å². The molecule has 0 saturated carbocycles. The SMILES string of the molecule is C=C(C)C(=O)CCCCCCNC(=O)C(=C)C. The van der Waals surface area contributed by atoms with Crippen LogP contribution >= 0.6 is 0 Å². The van der Waals surface area contributed by atoms with Crippen molar-refractivity contribution < 1.29 is 9.59 Å². The Labute approximate surface area is 104 Å². The fourth-order valence-corrected chi connectivity index (χ4v) is 1.33. The van der Waals surface area contributed by atoms with Gasteiger partial charge in [-0.05, 0) is 32.3 Å². The van der Waals surface area contributed by atoms with Gasteiger partial charge in [-0.2, -0.15) is 0 Å². The number of hydrogen-bond donors (Lipinski definition) is 1. The summed E-state index contributed by atoms with van der Waals surface area (Å²) in [7, 11) is 0. The molecule has 0 aromatic rings. The van der Waals surface area contributed by atoms with Gasteiger partial charge in [0.15, 0.2) is 5.78 Å². The molecule has 0 fully saturated rings. The summed E-state index contributed by atoms with van der Waals surface area (Å²) in [6, 6.07) is 0. The fourth-order valence-electron chi connectivity index (χ4n) is 1.33. The van der Waals surface area contributed by atoms with E-state index in [0.29, 0.717) is 24.1 Å². The molecule has 0 radical (unpaired) electrons. The van der Waals surface area contributed by atoms with Crippen LogP contribution in [0.15, 0.2) is 24.3 Å². The first-order valence-corrected chi connectivity index (χ1v) is 6.07. The molecule has 17 heavy (non-hydrogen) atoms. The highest BCUT2D eigenvalue weighted by Gasteiger charge is 2.02. The van der Waals surface area contributed by atoms with Crippen molar-refractivity contribution in [3.63, 3.8) is 0 Å². The van der Waals surface area contributed by atoms with Crippen molar-refractivity contribution in [2.45, 2.75) is 46.0 Å². The molecule has 1 N–H and O–H groups in total. The third-order valence-corrected chi connectivity index (χ3v) is 2.48. The molecule has 0 atom stereocenters. The zero-order valence-electron chi connectivity index (χ0n) is 11.0. The number of hydrogen-bond acceptors (Lipinski definition) is 2. The Morgan fingerprint density at radius 2 is 1.53 bits per heavy atom. The van der Waals surface area contributed by atoms with Gasteiger partial charge in [-0.15, -0.1) is 0 Å². The van der Waals surface area contributed by atoms with Crippen molar-refractivity contribution >= 4 is 11.7 Å². The summed E-state index contributed by atoms with van der Waals surface area (Å²) >= 11 is 0. The third-order valence-electron chi connectivity index (χ3n) is 2.48. The van der Waals surface area contributed by atoms with E-state index in [1.807, 2.05) is 0 Å². The second-order valence-electron chi connectivity index (χ2n) is 4.40. The van der Waals surface area contributed by atoms with Crippen LogP contribution < -0.4 is 5.32 Å². The van der Waals surface area contributed by atoms with Gasteiger partial charge in [0.25, 0.3) is 0 Å². The van der Waals surface area contributed by atoms with E-state index in [2.05, 4.69) is 18.5 Å². The average Bonchev–Trinajstić information content (AvgIpc) is 2.26. The molecule has 3 heteroatoms. The second kappa shape index (κ2) is 8.74. The Kier molecular flexibility index (Phi) is 8.03. The molecule has 0 rings (SSSR count). The molecular weight excluding hydrogens is 214 g/mol. The summed E-state index contributed by atoms with van der Waals surface area (Å²) in [6.45, 7) is 11.3. The van der Waals surface area contributed by atoms with E-state index in [-0.39, 0.29) is 11.7 Å². The number of Topliss-reactive ketones (excluding diaryl/α,β-unsaturated/α-hetero) is 1. The van der Waals surface area contributed by atoms with Crippen LogP contribution in [0.2, 0.25) is 0 Å². The Morgan fingerprint density at radius 1 is 0.941 bits per heavy atom. The number of carbonyl (C=O) groups is 2. The molecule has 0 heterocycles. The van der Waals surface area contributed by atoms with Gasteiger partial charge in [0.2, 0.25) is 5.91 Å².